The van der Waals surface area contributed by atoms with Crippen LogP contribution in [-0.2, 0) is 4.74 Å². The van der Waals surface area contributed by atoms with Crippen LogP contribution in [0, 0.1) is 6.92 Å². The van der Waals surface area contributed by atoms with Crippen molar-refractivity contribution in [1.29, 1.82) is 0 Å². The highest BCUT2D eigenvalue weighted by Gasteiger charge is 2.16. The van der Waals surface area contributed by atoms with Gasteiger partial charge in [0.2, 0.25) is 0 Å². The number of thiazole rings is 1. The Hall–Kier alpha value is -0.740. The molecule has 1 aliphatic rings. The van der Waals surface area contributed by atoms with Gasteiger partial charge >= 0.3 is 0 Å². The van der Waals surface area contributed by atoms with Crippen molar-refractivity contribution in [3.8, 4) is 0 Å². The number of hydrogen-bond donors (Lipinski definition) is 0. The maximum absolute atomic E-state index is 11.8. The molecule has 4 heteroatoms. The number of rotatable bonds is 5. The highest BCUT2D eigenvalue weighted by atomic mass is 32.1. The third-order valence-electron chi connectivity index (χ3n) is 2.95. The maximum atomic E-state index is 11.8. The fourth-order valence-corrected chi connectivity index (χ4v) is 2.82. The van der Waals surface area contributed by atoms with Crippen molar-refractivity contribution in [1.82, 2.24) is 4.98 Å². The highest BCUT2D eigenvalue weighted by Crippen LogP contribution is 2.20. The van der Waals surface area contributed by atoms with Crippen molar-refractivity contribution in [2.75, 3.05) is 6.61 Å². The van der Waals surface area contributed by atoms with Crippen LogP contribution in [0.5, 0.6) is 0 Å². The summed E-state index contributed by atoms with van der Waals surface area (Å²) in [6.07, 6.45) is 5.31. The second-order valence-corrected chi connectivity index (χ2v) is 5.07. The Kier molecular flexibility index (Phi) is 4.07. The molecule has 3 nitrogen and oxygen atoms in total. The molecule has 1 aromatic heterocycles. The number of Topliss-reactive ketones (excluding diaryl/α,β-unsaturated/α-hetero) is 1. The van der Waals surface area contributed by atoms with Gasteiger partial charge in [0.05, 0.1) is 22.2 Å². The molecule has 0 spiro atoms. The largest absolute Gasteiger partial charge is 0.378 e. The molecule has 1 saturated heterocycles. The molecule has 0 aliphatic carbocycles. The number of aryl methyl sites for hydroxylation is 1. The first-order valence-electron chi connectivity index (χ1n) is 5.82. The summed E-state index contributed by atoms with van der Waals surface area (Å²) in [5.74, 6) is 0.234. The topological polar surface area (TPSA) is 39.2 Å². The van der Waals surface area contributed by atoms with Crippen molar-refractivity contribution in [2.45, 2.75) is 45.1 Å². The van der Waals surface area contributed by atoms with Crippen LogP contribution in [0.1, 0.15) is 47.5 Å². The van der Waals surface area contributed by atoms with Crippen LogP contribution in [0.15, 0.2) is 5.51 Å². The molecule has 0 aromatic carbocycles. The lowest BCUT2D eigenvalue weighted by Crippen LogP contribution is -2.06. The van der Waals surface area contributed by atoms with Crippen LogP contribution in [0.2, 0.25) is 0 Å². The van der Waals surface area contributed by atoms with Crippen LogP contribution in [-0.4, -0.2) is 23.5 Å². The zero-order valence-corrected chi connectivity index (χ0v) is 10.4. The molecule has 88 valence electrons. The van der Waals surface area contributed by atoms with E-state index in [0.29, 0.717) is 12.5 Å². The van der Waals surface area contributed by atoms with Crippen molar-refractivity contribution < 1.29 is 9.53 Å². The zero-order valence-electron chi connectivity index (χ0n) is 9.57. The summed E-state index contributed by atoms with van der Waals surface area (Å²) < 4.78 is 5.53. The number of hydrogen-bond acceptors (Lipinski definition) is 4. The summed E-state index contributed by atoms with van der Waals surface area (Å²) in [4.78, 5) is 16.8. The molecule has 16 heavy (non-hydrogen) atoms. The minimum Gasteiger partial charge on any atom is -0.378 e. The lowest BCUT2D eigenvalue weighted by Gasteiger charge is -2.07. The SMILES string of the molecule is Cc1ncsc1C(=O)CCCC1CCCO1. The standard InChI is InChI=1S/C12H17NO2S/c1-9-12(16-8-13-9)11(14)6-2-4-10-5-3-7-15-10/h8,10H,2-7H2,1H3. The van der Waals surface area contributed by atoms with E-state index in [4.69, 9.17) is 4.74 Å². The lowest BCUT2D eigenvalue weighted by atomic mass is 10.1. The predicted octanol–water partition coefficient (Wildman–Crippen LogP) is 2.98. The van der Waals surface area contributed by atoms with Gasteiger partial charge in [0, 0.05) is 13.0 Å². The van der Waals surface area contributed by atoms with Crippen molar-refractivity contribution >= 4 is 17.1 Å². The molecule has 1 unspecified atom stereocenters. The molecular formula is C12H17NO2S. The Labute approximate surface area is 99.8 Å². The molecule has 0 bridgehead atoms. The number of nitrogens with zero attached hydrogens (tertiary/aromatic N) is 1. The zero-order chi connectivity index (χ0) is 11.4. The number of ketones is 1. The molecule has 0 amide bonds. The number of ether oxygens (including phenoxy) is 1. The Morgan fingerprint density at radius 1 is 1.69 bits per heavy atom. The van der Waals surface area contributed by atoms with Gasteiger partial charge < -0.3 is 4.74 Å². The second-order valence-electron chi connectivity index (χ2n) is 4.22. The van der Waals surface area contributed by atoms with Crippen LogP contribution in [0.25, 0.3) is 0 Å². The van der Waals surface area contributed by atoms with Gasteiger partial charge in [0.15, 0.2) is 5.78 Å². The smallest absolute Gasteiger partial charge is 0.174 e. The monoisotopic (exact) mass is 239 g/mol. The number of carbonyl (C=O) groups excluding carboxylic acids is 1. The average molecular weight is 239 g/mol. The lowest BCUT2D eigenvalue weighted by molar-refractivity contribution is 0.0925. The van der Waals surface area contributed by atoms with E-state index in [-0.39, 0.29) is 5.78 Å². The van der Waals surface area contributed by atoms with Gasteiger partial charge in [-0.05, 0) is 32.6 Å². The van der Waals surface area contributed by atoms with Gasteiger partial charge in [-0.2, -0.15) is 0 Å². The first-order chi connectivity index (χ1) is 7.77. The normalized spacial score (nSPS) is 20.2. The molecule has 1 aromatic rings. The summed E-state index contributed by atoms with van der Waals surface area (Å²) in [6, 6.07) is 0. The van der Waals surface area contributed by atoms with Crippen LogP contribution >= 0.6 is 11.3 Å². The quantitative estimate of drug-likeness (QED) is 0.741. The predicted molar refractivity (Wildman–Crippen MR) is 64.0 cm³/mol. The van der Waals surface area contributed by atoms with Gasteiger partial charge in [-0.15, -0.1) is 11.3 Å². The van der Waals surface area contributed by atoms with E-state index < -0.39 is 0 Å². The molecule has 1 fully saturated rings. The molecule has 2 rings (SSSR count). The summed E-state index contributed by atoms with van der Waals surface area (Å²) >= 11 is 1.45. The fraction of sp³-hybridized carbons (Fsp3) is 0.667. The van der Waals surface area contributed by atoms with Gasteiger partial charge in [-0.25, -0.2) is 4.98 Å². The third-order valence-corrected chi connectivity index (χ3v) is 3.92. The van der Waals surface area contributed by atoms with Crippen molar-refractivity contribution in [3.05, 3.63) is 16.1 Å². The van der Waals surface area contributed by atoms with E-state index in [1.165, 1.54) is 17.8 Å². The highest BCUT2D eigenvalue weighted by molar-refractivity contribution is 7.11. The Morgan fingerprint density at radius 2 is 2.56 bits per heavy atom. The van der Waals surface area contributed by atoms with Crippen LogP contribution in [0.3, 0.4) is 0 Å². The molecular weight excluding hydrogens is 222 g/mol. The first kappa shape index (κ1) is 11.7. The van der Waals surface area contributed by atoms with Crippen LogP contribution < -0.4 is 0 Å². The first-order valence-corrected chi connectivity index (χ1v) is 6.70. The summed E-state index contributed by atoms with van der Waals surface area (Å²) in [5, 5.41) is 0. The molecule has 0 N–H and O–H groups in total. The minimum absolute atomic E-state index is 0.234. The molecule has 1 atom stereocenters. The third kappa shape index (κ3) is 2.89. The van der Waals surface area contributed by atoms with E-state index in [1.807, 2.05) is 6.92 Å². The molecule has 1 aliphatic heterocycles. The summed E-state index contributed by atoms with van der Waals surface area (Å²) in [7, 11) is 0. The van der Waals surface area contributed by atoms with Crippen molar-refractivity contribution in [2.24, 2.45) is 0 Å². The summed E-state index contributed by atoms with van der Waals surface area (Å²) in [6.45, 7) is 2.79. The van der Waals surface area contributed by atoms with Crippen molar-refractivity contribution in [3.63, 3.8) is 0 Å². The maximum Gasteiger partial charge on any atom is 0.174 e. The van der Waals surface area contributed by atoms with E-state index in [1.54, 1.807) is 5.51 Å². The Bertz CT molecular complexity index is 356. The number of carbonyl (C=O) groups is 1. The van der Waals surface area contributed by atoms with Gasteiger partial charge in [-0.1, -0.05) is 0 Å². The average Bonchev–Trinajstić information content (AvgIpc) is 2.88. The number of aromatic nitrogens is 1. The Morgan fingerprint density at radius 3 is 3.19 bits per heavy atom. The summed E-state index contributed by atoms with van der Waals surface area (Å²) in [5.41, 5.74) is 2.61. The second kappa shape index (κ2) is 5.55. The minimum atomic E-state index is 0.234. The molecule has 0 saturated carbocycles. The molecule has 2 heterocycles. The van der Waals surface area contributed by atoms with E-state index in [0.717, 1.165) is 36.4 Å². The van der Waals surface area contributed by atoms with Gasteiger partial charge in [0.1, 0.15) is 0 Å². The van der Waals surface area contributed by atoms with E-state index in [9.17, 15) is 4.79 Å². The molecule has 0 radical (unpaired) electrons. The van der Waals surface area contributed by atoms with Gasteiger partial charge in [0.25, 0.3) is 0 Å². The van der Waals surface area contributed by atoms with E-state index in [2.05, 4.69) is 4.98 Å². The Balaban J connectivity index is 1.73. The van der Waals surface area contributed by atoms with Crippen LogP contribution in [0.4, 0.5) is 0 Å². The fourth-order valence-electron chi connectivity index (χ4n) is 2.05. The van der Waals surface area contributed by atoms with Gasteiger partial charge in [-0.3, -0.25) is 4.79 Å². The van der Waals surface area contributed by atoms with E-state index >= 15 is 0 Å².